The monoisotopic (exact) mass is 419 g/mol. The number of carboxylic acid groups (broad SMARTS) is 1. The van der Waals surface area contributed by atoms with E-state index in [0.717, 1.165) is 18.2 Å². The van der Waals surface area contributed by atoms with E-state index in [4.69, 9.17) is 14.2 Å². The second-order valence-corrected chi connectivity index (χ2v) is 13.9. The second-order valence-electron chi connectivity index (χ2n) is 8.31. The van der Waals surface area contributed by atoms with E-state index in [9.17, 15) is 9.90 Å². The summed E-state index contributed by atoms with van der Waals surface area (Å²) in [7, 11) is -1.09. The molecule has 1 unspecified atom stereocenters. The molecule has 1 aromatic rings. The van der Waals surface area contributed by atoms with Crippen molar-refractivity contribution in [2.75, 3.05) is 13.4 Å². The van der Waals surface area contributed by atoms with Crippen LogP contribution in [0.2, 0.25) is 25.7 Å². The maximum atomic E-state index is 11.5. The first-order chi connectivity index (χ1) is 13.7. The van der Waals surface area contributed by atoms with Crippen LogP contribution in [0.15, 0.2) is 55.1 Å². The first-order valence-electron chi connectivity index (χ1n) is 10.1. The highest BCUT2D eigenvalue weighted by Gasteiger charge is 2.20. The molecule has 0 aliphatic heterocycles. The first-order valence-corrected chi connectivity index (χ1v) is 13.8. The van der Waals surface area contributed by atoms with E-state index in [1.54, 1.807) is 6.08 Å². The maximum Gasteiger partial charge on any atom is 0.147 e. The van der Waals surface area contributed by atoms with E-state index in [2.05, 4.69) is 26.2 Å². The van der Waals surface area contributed by atoms with Crippen molar-refractivity contribution in [1.82, 2.24) is 0 Å². The number of carbonyl (C=O) groups is 1. The van der Waals surface area contributed by atoms with Gasteiger partial charge < -0.3 is 24.1 Å². The number of benzene rings is 1. The minimum atomic E-state index is -1.24. The van der Waals surface area contributed by atoms with Crippen LogP contribution in [0.4, 0.5) is 0 Å². The highest BCUT2D eigenvalue weighted by molar-refractivity contribution is 6.76. The Morgan fingerprint density at radius 1 is 1.21 bits per heavy atom. The van der Waals surface area contributed by atoms with E-state index in [1.165, 1.54) is 0 Å². The molecule has 1 aromatic carbocycles. The molecule has 0 saturated carbocycles. The van der Waals surface area contributed by atoms with E-state index >= 15 is 0 Å². The van der Waals surface area contributed by atoms with Gasteiger partial charge in [0.25, 0.3) is 0 Å². The molecule has 5 nitrogen and oxygen atoms in total. The summed E-state index contributed by atoms with van der Waals surface area (Å²) in [4.78, 5) is 11.5. The molecule has 0 aliphatic rings. The van der Waals surface area contributed by atoms with Crippen LogP contribution in [0.5, 0.6) is 0 Å². The summed E-state index contributed by atoms with van der Waals surface area (Å²) in [5.74, 6) is -1.63. The average molecular weight is 420 g/mol. The fourth-order valence-electron chi connectivity index (χ4n) is 2.55. The lowest BCUT2D eigenvalue weighted by atomic mass is 9.98. The molecule has 162 valence electrons. The van der Waals surface area contributed by atoms with Crippen LogP contribution in [-0.4, -0.2) is 39.7 Å². The lowest BCUT2D eigenvalue weighted by Gasteiger charge is -2.25. The molecule has 29 heavy (non-hydrogen) atoms. The third-order valence-electron chi connectivity index (χ3n) is 4.42. The Kier molecular flexibility index (Phi) is 11.8. The summed E-state index contributed by atoms with van der Waals surface area (Å²) in [6.45, 7) is 13.8. The Labute approximate surface area is 176 Å². The van der Waals surface area contributed by atoms with E-state index in [-0.39, 0.29) is 25.4 Å². The minimum absolute atomic E-state index is 0.126. The standard InChI is InChI=1S/C23H36O5Si/c1-6-21(22(23(24)25)27-17-20-12-8-7-9-13-20)14-10-11-19(2)28-18-26-15-16-29(3,4)5/h6-13,19,21-22H,1,14-18H2,2-5H3,(H,24,25)/p-1/t19-,21-,22?/m1/s1. The van der Waals surface area contributed by atoms with Gasteiger partial charge in [-0.25, -0.2) is 0 Å². The van der Waals surface area contributed by atoms with E-state index in [1.807, 2.05) is 49.4 Å². The molecular formula is C23H35O5Si-. The zero-order chi connectivity index (χ0) is 21.7. The van der Waals surface area contributed by atoms with Gasteiger partial charge in [-0.3, -0.25) is 0 Å². The van der Waals surface area contributed by atoms with Crippen LogP contribution in [0.3, 0.4) is 0 Å². The van der Waals surface area contributed by atoms with Crippen LogP contribution >= 0.6 is 0 Å². The summed E-state index contributed by atoms with van der Waals surface area (Å²) in [5.41, 5.74) is 0.910. The van der Waals surface area contributed by atoms with Gasteiger partial charge in [-0.15, -0.1) is 6.58 Å². The smallest absolute Gasteiger partial charge is 0.147 e. The number of carboxylic acids is 1. The number of carbonyl (C=O) groups excluding carboxylic acids is 1. The van der Waals surface area contributed by atoms with Gasteiger partial charge in [-0.2, -0.15) is 0 Å². The Morgan fingerprint density at radius 3 is 2.48 bits per heavy atom. The Hall–Kier alpha value is -1.73. The number of hydrogen-bond donors (Lipinski definition) is 0. The van der Waals surface area contributed by atoms with Crippen molar-refractivity contribution in [1.29, 1.82) is 0 Å². The van der Waals surface area contributed by atoms with Gasteiger partial charge in [0.2, 0.25) is 0 Å². The molecule has 0 spiro atoms. The van der Waals surface area contributed by atoms with Gasteiger partial charge in [-0.1, -0.05) is 68.2 Å². The van der Waals surface area contributed by atoms with Gasteiger partial charge in [0.15, 0.2) is 0 Å². The Balaban J connectivity index is 2.42. The van der Waals surface area contributed by atoms with Crippen molar-refractivity contribution < 1.29 is 24.1 Å². The molecule has 0 aromatic heterocycles. The summed E-state index contributed by atoms with van der Waals surface area (Å²) >= 11 is 0. The normalized spacial score (nSPS) is 15.2. The first kappa shape index (κ1) is 25.3. The predicted octanol–water partition coefficient (Wildman–Crippen LogP) is 3.79. The zero-order valence-corrected chi connectivity index (χ0v) is 19.1. The second kappa shape index (κ2) is 13.5. The zero-order valence-electron chi connectivity index (χ0n) is 18.1. The predicted molar refractivity (Wildman–Crippen MR) is 117 cm³/mol. The highest BCUT2D eigenvalue weighted by atomic mass is 28.3. The molecule has 0 amide bonds. The quantitative estimate of drug-likeness (QED) is 0.187. The van der Waals surface area contributed by atoms with Crippen molar-refractivity contribution in [2.45, 2.75) is 57.8 Å². The summed E-state index contributed by atoms with van der Waals surface area (Å²) < 4.78 is 16.7. The topological polar surface area (TPSA) is 67.8 Å². The van der Waals surface area contributed by atoms with Crippen molar-refractivity contribution in [3.8, 4) is 0 Å². The minimum Gasteiger partial charge on any atom is -0.547 e. The fourth-order valence-corrected chi connectivity index (χ4v) is 3.30. The molecule has 6 heteroatoms. The SMILES string of the molecule is C=C[C@H](CC=C[C@@H](C)OCOCC[Si](C)(C)C)C(OCc1ccccc1)C(=O)[O-]. The molecule has 0 heterocycles. The van der Waals surface area contributed by atoms with Crippen LogP contribution in [-0.2, 0) is 25.6 Å². The van der Waals surface area contributed by atoms with Gasteiger partial charge in [0.1, 0.15) is 12.9 Å². The van der Waals surface area contributed by atoms with Crippen molar-refractivity contribution >= 4 is 14.0 Å². The number of hydrogen-bond acceptors (Lipinski definition) is 5. The van der Waals surface area contributed by atoms with Crippen LogP contribution < -0.4 is 5.11 Å². The third-order valence-corrected chi connectivity index (χ3v) is 6.13. The van der Waals surface area contributed by atoms with Gasteiger partial charge in [-0.05, 0) is 25.0 Å². The average Bonchev–Trinajstić information content (AvgIpc) is 2.66. The van der Waals surface area contributed by atoms with Crippen molar-refractivity contribution in [2.24, 2.45) is 5.92 Å². The van der Waals surface area contributed by atoms with Crippen molar-refractivity contribution in [3.63, 3.8) is 0 Å². The summed E-state index contributed by atoms with van der Waals surface area (Å²) in [6, 6.07) is 10.6. The number of allylic oxidation sites excluding steroid dienone is 1. The molecule has 0 bridgehead atoms. The largest absolute Gasteiger partial charge is 0.547 e. The highest BCUT2D eigenvalue weighted by Crippen LogP contribution is 2.17. The third kappa shape index (κ3) is 11.8. The molecule has 0 saturated heterocycles. The number of rotatable bonds is 15. The fraction of sp³-hybridized carbons (Fsp3) is 0.522. The van der Waals surface area contributed by atoms with Gasteiger partial charge in [0.05, 0.1) is 18.7 Å². The molecule has 0 N–H and O–H groups in total. The maximum absolute atomic E-state index is 11.5. The molecule has 0 radical (unpaired) electrons. The van der Waals surface area contributed by atoms with Crippen molar-refractivity contribution in [3.05, 3.63) is 60.7 Å². The molecule has 0 aliphatic carbocycles. The molecule has 0 fully saturated rings. The Morgan fingerprint density at radius 2 is 1.90 bits per heavy atom. The van der Waals surface area contributed by atoms with Gasteiger partial charge >= 0.3 is 0 Å². The molecule has 1 rings (SSSR count). The summed E-state index contributed by atoms with van der Waals surface area (Å²) in [6.07, 6.45) is 4.67. The van der Waals surface area contributed by atoms with Gasteiger partial charge in [0, 0.05) is 20.6 Å². The molecular weight excluding hydrogens is 384 g/mol. The molecule has 3 atom stereocenters. The van der Waals surface area contributed by atoms with E-state index in [0.29, 0.717) is 6.42 Å². The number of aliphatic carboxylic acids is 1. The Bertz CT molecular complexity index is 624. The van der Waals surface area contributed by atoms with Crippen LogP contribution in [0.1, 0.15) is 18.9 Å². The number of ether oxygens (including phenoxy) is 3. The van der Waals surface area contributed by atoms with Crippen LogP contribution in [0.25, 0.3) is 0 Å². The summed E-state index contributed by atoms with van der Waals surface area (Å²) in [5, 5.41) is 11.5. The van der Waals surface area contributed by atoms with Crippen LogP contribution in [0, 0.1) is 5.92 Å². The lowest BCUT2D eigenvalue weighted by molar-refractivity contribution is -0.319. The lowest BCUT2D eigenvalue weighted by Crippen LogP contribution is -2.41. The van der Waals surface area contributed by atoms with E-state index < -0.39 is 20.1 Å².